The molecule has 0 saturated heterocycles. The number of halogens is 1. The number of hydrogen-bond acceptors (Lipinski definition) is 3. The van der Waals surface area contributed by atoms with Crippen LogP contribution in [0.3, 0.4) is 0 Å². The van der Waals surface area contributed by atoms with Crippen molar-refractivity contribution in [1.82, 2.24) is 14.3 Å². The second-order valence-corrected chi connectivity index (χ2v) is 5.72. The number of hydrogen-bond donors (Lipinski definition) is 1. The summed E-state index contributed by atoms with van der Waals surface area (Å²) in [5, 5.41) is 15.3. The lowest BCUT2D eigenvalue weighted by Crippen LogP contribution is -2.24. The molecule has 0 aliphatic rings. The molecular formula is C18H14FN3O2. The Morgan fingerprint density at radius 1 is 1.17 bits per heavy atom. The number of phenolic OH excluding ortho intramolecular Hbond substituents is 1. The van der Waals surface area contributed by atoms with E-state index in [1.165, 1.54) is 10.7 Å². The van der Waals surface area contributed by atoms with Gasteiger partial charge in [-0.15, -0.1) is 0 Å². The van der Waals surface area contributed by atoms with Gasteiger partial charge in [0, 0.05) is 28.9 Å². The average molecular weight is 323 g/mol. The number of aromatic hydroxyl groups is 1. The Balaban J connectivity index is 1.96. The van der Waals surface area contributed by atoms with Crippen LogP contribution in [0.2, 0.25) is 0 Å². The Morgan fingerprint density at radius 3 is 2.75 bits per heavy atom. The van der Waals surface area contributed by atoms with Gasteiger partial charge in [0.1, 0.15) is 17.1 Å². The van der Waals surface area contributed by atoms with Crippen LogP contribution in [0.4, 0.5) is 4.39 Å². The number of aromatic nitrogens is 3. The van der Waals surface area contributed by atoms with Crippen LogP contribution in [0.5, 0.6) is 5.75 Å². The van der Waals surface area contributed by atoms with Gasteiger partial charge in [-0.3, -0.25) is 4.79 Å². The molecule has 120 valence electrons. The van der Waals surface area contributed by atoms with Gasteiger partial charge in [-0.25, -0.2) is 9.07 Å². The molecule has 1 N–H and O–H groups in total. The maximum absolute atomic E-state index is 13.8. The summed E-state index contributed by atoms with van der Waals surface area (Å²) in [6, 6.07) is 11.3. The van der Waals surface area contributed by atoms with Gasteiger partial charge in [0.05, 0.1) is 12.7 Å². The highest BCUT2D eigenvalue weighted by Gasteiger charge is 2.15. The van der Waals surface area contributed by atoms with Gasteiger partial charge in [0.15, 0.2) is 0 Å². The number of fused-ring (bicyclic) bond motifs is 3. The van der Waals surface area contributed by atoms with E-state index in [9.17, 15) is 14.3 Å². The van der Waals surface area contributed by atoms with Crippen LogP contribution >= 0.6 is 0 Å². The minimum atomic E-state index is -0.367. The van der Waals surface area contributed by atoms with Crippen molar-refractivity contribution in [1.29, 1.82) is 0 Å². The second-order valence-electron chi connectivity index (χ2n) is 5.72. The summed E-state index contributed by atoms with van der Waals surface area (Å²) in [5.74, 6) is -0.237. The Bertz CT molecular complexity index is 1140. The minimum Gasteiger partial charge on any atom is -0.508 e. The van der Waals surface area contributed by atoms with Crippen LogP contribution in [0.1, 0.15) is 5.56 Å². The van der Waals surface area contributed by atoms with E-state index in [0.29, 0.717) is 16.5 Å². The molecule has 0 aliphatic carbocycles. The number of phenols is 1. The van der Waals surface area contributed by atoms with E-state index < -0.39 is 0 Å². The average Bonchev–Trinajstić information content (AvgIpc) is 2.85. The van der Waals surface area contributed by atoms with Gasteiger partial charge in [0.2, 0.25) is 0 Å². The van der Waals surface area contributed by atoms with Crippen molar-refractivity contribution in [2.75, 3.05) is 0 Å². The predicted molar refractivity (Wildman–Crippen MR) is 89.6 cm³/mol. The maximum atomic E-state index is 13.8. The first kappa shape index (κ1) is 14.4. The Kier molecular flexibility index (Phi) is 3.13. The first-order valence-corrected chi connectivity index (χ1v) is 7.47. The molecule has 0 saturated carbocycles. The van der Waals surface area contributed by atoms with Crippen molar-refractivity contribution in [3.05, 3.63) is 70.4 Å². The smallest absolute Gasteiger partial charge is 0.291 e. The molecule has 0 bridgehead atoms. The zero-order valence-corrected chi connectivity index (χ0v) is 12.9. The van der Waals surface area contributed by atoms with Crippen molar-refractivity contribution in [3.63, 3.8) is 0 Å². The van der Waals surface area contributed by atoms with E-state index in [0.717, 1.165) is 10.9 Å². The van der Waals surface area contributed by atoms with E-state index in [1.54, 1.807) is 54.2 Å². The number of rotatable bonds is 2. The lowest BCUT2D eigenvalue weighted by atomic mass is 10.2. The highest BCUT2D eigenvalue weighted by Crippen LogP contribution is 2.28. The van der Waals surface area contributed by atoms with Gasteiger partial charge in [-0.2, -0.15) is 5.10 Å². The fourth-order valence-electron chi connectivity index (χ4n) is 3.05. The predicted octanol–water partition coefficient (Wildman–Crippen LogP) is 2.78. The van der Waals surface area contributed by atoms with Crippen molar-refractivity contribution in [3.8, 4) is 5.75 Å². The largest absolute Gasteiger partial charge is 0.508 e. The zero-order valence-electron chi connectivity index (χ0n) is 12.9. The van der Waals surface area contributed by atoms with Gasteiger partial charge in [-0.1, -0.05) is 18.2 Å². The molecule has 0 spiro atoms. The molecule has 6 heteroatoms. The summed E-state index contributed by atoms with van der Waals surface area (Å²) in [4.78, 5) is 12.8. The fourth-order valence-corrected chi connectivity index (χ4v) is 3.05. The van der Waals surface area contributed by atoms with Crippen LogP contribution in [-0.2, 0) is 13.6 Å². The standard InChI is InChI=1S/C18H14FN3O2/c1-21-16-7-6-12(23)8-13(16)14-9-20-22(18(24)17(14)21)10-11-4-2-3-5-15(11)19/h2-9,23H,10H2,1H3. The molecule has 24 heavy (non-hydrogen) atoms. The third kappa shape index (κ3) is 2.07. The van der Waals surface area contributed by atoms with Gasteiger partial charge in [0.25, 0.3) is 5.56 Å². The molecule has 0 amide bonds. The van der Waals surface area contributed by atoms with E-state index in [4.69, 9.17) is 0 Å². The summed E-state index contributed by atoms with van der Waals surface area (Å²) in [6.45, 7) is 0.0637. The van der Waals surface area contributed by atoms with E-state index in [-0.39, 0.29) is 23.7 Å². The summed E-state index contributed by atoms with van der Waals surface area (Å²) >= 11 is 0. The molecule has 2 aromatic heterocycles. The zero-order chi connectivity index (χ0) is 16.8. The topological polar surface area (TPSA) is 60.0 Å². The molecule has 4 rings (SSSR count). The quantitative estimate of drug-likeness (QED) is 0.617. The highest BCUT2D eigenvalue weighted by atomic mass is 19.1. The first-order chi connectivity index (χ1) is 11.6. The summed E-state index contributed by atoms with van der Waals surface area (Å²) in [6.07, 6.45) is 1.58. The van der Waals surface area contributed by atoms with Crippen molar-refractivity contribution < 1.29 is 9.50 Å². The number of aryl methyl sites for hydroxylation is 1. The highest BCUT2D eigenvalue weighted by molar-refractivity contribution is 6.07. The fraction of sp³-hybridized carbons (Fsp3) is 0.111. The van der Waals surface area contributed by atoms with Crippen LogP contribution in [-0.4, -0.2) is 19.5 Å². The summed E-state index contributed by atoms with van der Waals surface area (Å²) < 4.78 is 16.9. The summed E-state index contributed by atoms with van der Waals surface area (Å²) in [5.41, 5.74) is 1.41. The van der Waals surface area contributed by atoms with Crippen molar-refractivity contribution in [2.24, 2.45) is 7.05 Å². The Hall–Kier alpha value is -3.15. The first-order valence-electron chi connectivity index (χ1n) is 7.47. The van der Waals surface area contributed by atoms with Gasteiger partial charge < -0.3 is 9.67 Å². The molecule has 0 unspecified atom stereocenters. The third-order valence-electron chi connectivity index (χ3n) is 4.26. The van der Waals surface area contributed by atoms with E-state index >= 15 is 0 Å². The molecule has 0 atom stereocenters. The van der Waals surface area contributed by atoms with E-state index in [2.05, 4.69) is 5.10 Å². The van der Waals surface area contributed by atoms with Crippen LogP contribution in [0.15, 0.2) is 53.5 Å². The minimum absolute atomic E-state index is 0.0637. The van der Waals surface area contributed by atoms with Crippen molar-refractivity contribution in [2.45, 2.75) is 6.54 Å². The lowest BCUT2D eigenvalue weighted by Gasteiger charge is -2.06. The lowest BCUT2D eigenvalue weighted by molar-refractivity contribution is 0.476. The maximum Gasteiger partial charge on any atom is 0.291 e. The molecule has 5 nitrogen and oxygen atoms in total. The molecule has 4 aromatic rings. The molecule has 0 radical (unpaired) electrons. The SMILES string of the molecule is Cn1c2ccc(O)cc2c2cnn(Cc3ccccc3F)c(=O)c21. The molecular weight excluding hydrogens is 309 g/mol. The molecule has 0 aliphatic heterocycles. The van der Waals surface area contributed by atoms with Gasteiger partial charge in [-0.05, 0) is 24.3 Å². The molecule has 0 fully saturated rings. The Labute approximate surface area is 136 Å². The van der Waals surface area contributed by atoms with Crippen LogP contribution in [0.25, 0.3) is 21.8 Å². The van der Waals surface area contributed by atoms with Crippen LogP contribution < -0.4 is 5.56 Å². The Morgan fingerprint density at radius 2 is 1.96 bits per heavy atom. The van der Waals surface area contributed by atoms with E-state index in [1.807, 2.05) is 0 Å². The normalized spacial score (nSPS) is 11.4. The number of nitrogens with zero attached hydrogens (tertiary/aromatic N) is 3. The summed E-state index contributed by atoms with van der Waals surface area (Å²) in [7, 11) is 1.79. The second kappa shape index (κ2) is 5.19. The molecule has 2 aromatic carbocycles. The monoisotopic (exact) mass is 323 g/mol. The van der Waals surface area contributed by atoms with Gasteiger partial charge >= 0.3 is 0 Å². The van der Waals surface area contributed by atoms with Crippen LogP contribution in [0, 0.1) is 5.82 Å². The van der Waals surface area contributed by atoms with Crippen molar-refractivity contribution >= 4 is 21.8 Å². The third-order valence-corrected chi connectivity index (χ3v) is 4.26. The number of benzene rings is 2. The molecule has 2 heterocycles.